The zero-order valence-corrected chi connectivity index (χ0v) is 10.7. The number of nitrogens with one attached hydrogen (secondary N) is 2. The molecule has 2 fully saturated rings. The molecule has 6 heteroatoms. The molecular weight excluding hydrogens is 246 g/mol. The van der Waals surface area contributed by atoms with Crippen LogP contribution < -0.4 is 15.8 Å². The van der Waals surface area contributed by atoms with Crippen LogP contribution >= 0.6 is 0 Å². The number of aliphatic hydroxyl groups excluding tert-OH is 1. The minimum Gasteiger partial charge on any atom is -0.467 e. The number of aliphatic hydroxyl groups is 1. The van der Waals surface area contributed by atoms with E-state index in [1.165, 1.54) is 7.11 Å². The lowest BCUT2D eigenvalue weighted by molar-refractivity contribution is -0.153. The van der Waals surface area contributed by atoms with Gasteiger partial charge in [-0.15, -0.1) is 0 Å². The van der Waals surface area contributed by atoms with Gasteiger partial charge in [-0.05, 0) is 12.1 Å². The zero-order chi connectivity index (χ0) is 13.5. The Morgan fingerprint density at radius 3 is 2.89 bits per heavy atom. The highest BCUT2D eigenvalue weighted by Gasteiger charge is 2.62. The quantitative estimate of drug-likeness (QED) is 0.622. The molecule has 1 aromatic carbocycles. The molecule has 0 bridgehead atoms. The average molecular weight is 263 g/mol. The number of benzene rings is 1. The molecule has 3 unspecified atom stereocenters. The van der Waals surface area contributed by atoms with E-state index in [0.717, 1.165) is 5.69 Å². The second-order valence-corrected chi connectivity index (χ2v) is 4.93. The first-order valence-corrected chi connectivity index (χ1v) is 6.28. The smallest absolute Gasteiger partial charge is 0.332 e. The predicted octanol–water partition coefficient (Wildman–Crippen LogP) is -0.539. The van der Waals surface area contributed by atoms with Gasteiger partial charge in [0.25, 0.3) is 0 Å². The van der Waals surface area contributed by atoms with Gasteiger partial charge in [-0.3, -0.25) is 5.43 Å². The lowest BCUT2D eigenvalue weighted by Crippen LogP contribution is -2.61. The van der Waals surface area contributed by atoms with E-state index in [1.54, 1.807) is 0 Å². The summed E-state index contributed by atoms with van der Waals surface area (Å²) in [7, 11) is 1.34. The number of hydrazine groups is 1. The number of nitrogens with zero attached hydrogens (tertiary/aromatic N) is 1. The van der Waals surface area contributed by atoms with Crippen LogP contribution in [0.1, 0.15) is 0 Å². The molecule has 3 atom stereocenters. The van der Waals surface area contributed by atoms with Gasteiger partial charge in [0.05, 0.1) is 7.11 Å². The van der Waals surface area contributed by atoms with Crippen LogP contribution in [-0.4, -0.2) is 43.0 Å². The molecule has 6 nitrogen and oxygen atoms in total. The number of carbonyl (C=O) groups excluding carboxylic acids is 1. The van der Waals surface area contributed by atoms with E-state index in [0.29, 0.717) is 13.1 Å². The highest BCUT2D eigenvalue weighted by Crippen LogP contribution is 2.38. The number of carbonyl (C=O) groups is 1. The van der Waals surface area contributed by atoms with Crippen molar-refractivity contribution in [3.63, 3.8) is 0 Å². The van der Waals surface area contributed by atoms with Crippen LogP contribution in [0, 0.1) is 5.92 Å². The van der Waals surface area contributed by atoms with Gasteiger partial charge in [-0.25, -0.2) is 10.2 Å². The monoisotopic (exact) mass is 263 g/mol. The predicted molar refractivity (Wildman–Crippen MR) is 69.2 cm³/mol. The Labute approximate surface area is 111 Å². The van der Waals surface area contributed by atoms with Crippen LogP contribution in [0.3, 0.4) is 0 Å². The SMILES string of the molecule is COC(=O)C12NNCC1CN(c1ccccc1)C2O. The molecule has 0 amide bonds. The maximum atomic E-state index is 12.1. The summed E-state index contributed by atoms with van der Waals surface area (Å²) in [4.78, 5) is 13.9. The van der Waals surface area contributed by atoms with Crippen LogP contribution in [0.2, 0.25) is 0 Å². The van der Waals surface area contributed by atoms with Crippen LogP contribution in [0.15, 0.2) is 30.3 Å². The van der Waals surface area contributed by atoms with E-state index in [2.05, 4.69) is 10.9 Å². The van der Waals surface area contributed by atoms with Gasteiger partial charge in [0.1, 0.15) is 0 Å². The van der Waals surface area contributed by atoms with Gasteiger partial charge in [-0.1, -0.05) is 18.2 Å². The van der Waals surface area contributed by atoms with E-state index >= 15 is 0 Å². The maximum absolute atomic E-state index is 12.1. The van der Waals surface area contributed by atoms with Crippen molar-refractivity contribution in [2.45, 2.75) is 11.8 Å². The maximum Gasteiger partial charge on any atom is 0.332 e. The number of ether oxygens (including phenoxy) is 1. The Bertz CT molecular complexity index is 481. The molecule has 19 heavy (non-hydrogen) atoms. The largest absolute Gasteiger partial charge is 0.467 e. The van der Waals surface area contributed by atoms with Crippen molar-refractivity contribution in [1.82, 2.24) is 10.9 Å². The molecule has 0 spiro atoms. The van der Waals surface area contributed by atoms with Crippen molar-refractivity contribution in [3.05, 3.63) is 30.3 Å². The molecule has 102 valence electrons. The fourth-order valence-electron chi connectivity index (χ4n) is 3.01. The van der Waals surface area contributed by atoms with Crippen molar-refractivity contribution in [2.75, 3.05) is 25.1 Å². The normalized spacial score (nSPS) is 33.3. The molecule has 2 heterocycles. The summed E-state index contributed by atoms with van der Waals surface area (Å²) >= 11 is 0. The number of hydrogen-bond acceptors (Lipinski definition) is 6. The summed E-state index contributed by atoms with van der Waals surface area (Å²) in [6.07, 6.45) is -0.956. The molecule has 0 aromatic heterocycles. The van der Waals surface area contributed by atoms with Crippen LogP contribution in [-0.2, 0) is 9.53 Å². The molecular formula is C13H17N3O3. The Kier molecular flexibility index (Phi) is 2.93. The van der Waals surface area contributed by atoms with Crippen molar-refractivity contribution < 1.29 is 14.6 Å². The lowest BCUT2D eigenvalue weighted by atomic mass is 9.88. The van der Waals surface area contributed by atoms with E-state index in [4.69, 9.17) is 4.74 Å². The fourth-order valence-corrected chi connectivity index (χ4v) is 3.01. The molecule has 2 saturated heterocycles. The van der Waals surface area contributed by atoms with Crippen molar-refractivity contribution in [3.8, 4) is 0 Å². The summed E-state index contributed by atoms with van der Waals surface area (Å²) in [5, 5.41) is 10.6. The van der Waals surface area contributed by atoms with E-state index < -0.39 is 17.7 Å². The highest BCUT2D eigenvalue weighted by atomic mass is 16.5. The summed E-state index contributed by atoms with van der Waals surface area (Å²) in [5.41, 5.74) is 5.67. The van der Waals surface area contributed by atoms with Gasteiger partial charge in [0, 0.05) is 24.7 Å². The third-order valence-electron chi connectivity index (χ3n) is 4.02. The summed E-state index contributed by atoms with van der Waals surface area (Å²) in [6.45, 7) is 1.22. The highest BCUT2D eigenvalue weighted by molar-refractivity contribution is 5.84. The second kappa shape index (κ2) is 4.48. The molecule has 0 radical (unpaired) electrons. The minimum atomic E-state index is -1.09. The summed E-state index contributed by atoms with van der Waals surface area (Å²) < 4.78 is 4.87. The third-order valence-corrected chi connectivity index (χ3v) is 4.02. The van der Waals surface area contributed by atoms with Gasteiger partial charge in [0.2, 0.25) is 0 Å². The minimum absolute atomic E-state index is 0.0323. The fraction of sp³-hybridized carbons (Fsp3) is 0.462. The molecule has 2 aliphatic rings. The number of methoxy groups -OCH3 is 1. The number of rotatable bonds is 2. The van der Waals surface area contributed by atoms with E-state index in [1.807, 2.05) is 35.2 Å². The molecule has 3 rings (SSSR count). The Balaban J connectivity index is 1.96. The van der Waals surface area contributed by atoms with Crippen LogP contribution in [0.4, 0.5) is 5.69 Å². The third kappa shape index (κ3) is 1.64. The Morgan fingerprint density at radius 2 is 2.21 bits per heavy atom. The van der Waals surface area contributed by atoms with Crippen molar-refractivity contribution >= 4 is 11.7 Å². The first-order chi connectivity index (χ1) is 9.20. The average Bonchev–Trinajstić information content (AvgIpc) is 2.98. The number of anilines is 1. The molecule has 2 aliphatic heterocycles. The topological polar surface area (TPSA) is 73.8 Å². The molecule has 0 saturated carbocycles. The number of hydrogen-bond donors (Lipinski definition) is 3. The van der Waals surface area contributed by atoms with Gasteiger partial charge < -0.3 is 14.7 Å². The van der Waals surface area contributed by atoms with Gasteiger partial charge in [0.15, 0.2) is 11.8 Å². The van der Waals surface area contributed by atoms with Crippen molar-refractivity contribution in [1.29, 1.82) is 0 Å². The standard InChI is InChI=1S/C13H17N3O3/c1-19-12(18)13-9(7-14-15-13)8-16(11(13)17)10-5-3-2-4-6-10/h2-6,9,11,14-15,17H,7-8H2,1H3. The first kappa shape index (κ1) is 12.4. The van der Waals surface area contributed by atoms with Gasteiger partial charge >= 0.3 is 5.97 Å². The summed E-state index contributed by atoms with van der Waals surface area (Å²) in [5.74, 6) is -0.469. The zero-order valence-electron chi connectivity index (χ0n) is 10.7. The van der Waals surface area contributed by atoms with E-state index in [9.17, 15) is 9.90 Å². The molecule has 1 aromatic rings. The second-order valence-electron chi connectivity index (χ2n) is 4.93. The van der Waals surface area contributed by atoms with E-state index in [-0.39, 0.29) is 5.92 Å². The molecule has 3 N–H and O–H groups in total. The number of esters is 1. The number of para-hydroxylation sites is 1. The van der Waals surface area contributed by atoms with Gasteiger partial charge in [-0.2, -0.15) is 0 Å². The Morgan fingerprint density at radius 1 is 1.47 bits per heavy atom. The molecule has 0 aliphatic carbocycles. The van der Waals surface area contributed by atoms with Crippen LogP contribution in [0.25, 0.3) is 0 Å². The summed E-state index contributed by atoms with van der Waals surface area (Å²) in [6, 6.07) is 9.58. The lowest BCUT2D eigenvalue weighted by Gasteiger charge is -2.31. The number of fused-ring (bicyclic) bond motifs is 1. The Hall–Kier alpha value is -1.63. The first-order valence-electron chi connectivity index (χ1n) is 6.28. The van der Waals surface area contributed by atoms with Crippen LogP contribution in [0.5, 0.6) is 0 Å². The van der Waals surface area contributed by atoms with Crippen molar-refractivity contribution in [2.24, 2.45) is 5.92 Å².